The van der Waals surface area contributed by atoms with E-state index in [-0.39, 0.29) is 5.41 Å². The van der Waals surface area contributed by atoms with Crippen LogP contribution in [-0.4, -0.2) is 9.78 Å². The average molecular weight is 220 g/mol. The maximum Gasteiger partial charge on any atom is 0.0712 e. The van der Waals surface area contributed by atoms with E-state index in [0.29, 0.717) is 5.41 Å². The molecule has 2 rings (SSSR count). The predicted octanol–water partition coefficient (Wildman–Crippen LogP) is 3.33. The molecule has 0 aromatic carbocycles. The van der Waals surface area contributed by atoms with Gasteiger partial charge in [-0.15, -0.1) is 0 Å². The highest BCUT2D eigenvalue weighted by molar-refractivity contribution is 5.37. The molecule has 16 heavy (non-hydrogen) atoms. The van der Waals surface area contributed by atoms with Crippen LogP contribution in [-0.2, 0) is 24.3 Å². The zero-order chi connectivity index (χ0) is 12.1. The Morgan fingerprint density at radius 2 is 1.88 bits per heavy atom. The number of rotatable bonds is 0. The summed E-state index contributed by atoms with van der Waals surface area (Å²) < 4.78 is 2.12. The van der Waals surface area contributed by atoms with Crippen molar-refractivity contribution in [2.75, 3.05) is 0 Å². The van der Waals surface area contributed by atoms with Gasteiger partial charge in [-0.25, -0.2) is 0 Å². The molecule has 2 heteroatoms. The van der Waals surface area contributed by atoms with E-state index in [1.807, 2.05) is 0 Å². The molecule has 0 spiro atoms. The second kappa shape index (κ2) is 3.35. The second-order valence-electron chi connectivity index (χ2n) is 6.79. The zero-order valence-corrected chi connectivity index (χ0v) is 11.5. The van der Waals surface area contributed by atoms with Gasteiger partial charge in [-0.05, 0) is 24.8 Å². The van der Waals surface area contributed by atoms with Crippen molar-refractivity contribution in [2.45, 2.75) is 64.7 Å². The first-order chi connectivity index (χ1) is 7.23. The number of hydrogen-bond acceptors (Lipinski definition) is 1. The molecule has 0 fully saturated rings. The summed E-state index contributed by atoms with van der Waals surface area (Å²) in [6.45, 7) is 11.5. The highest BCUT2D eigenvalue weighted by atomic mass is 15.3. The molecule has 90 valence electrons. The van der Waals surface area contributed by atoms with Crippen molar-refractivity contribution in [3.8, 4) is 0 Å². The Morgan fingerprint density at radius 3 is 2.44 bits per heavy atom. The van der Waals surface area contributed by atoms with Crippen LogP contribution in [0.25, 0.3) is 0 Å². The normalized spacial score (nSPS) is 19.6. The van der Waals surface area contributed by atoms with Gasteiger partial charge in [0.2, 0.25) is 0 Å². The summed E-state index contributed by atoms with van der Waals surface area (Å²) in [6.07, 6.45) is 3.79. The van der Waals surface area contributed by atoms with Gasteiger partial charge in [0.1, 0.15) is 0 Å². The van der Waals surface area contributed by atoms with Crippen LogP contribution in [0.1, 0.15) is 64.4 Å². The van der Waals surface area contributed by atoms with Gasteiger partial charge in [0, 0.05) is 23.6 Å². The maximum absolute atomic E-state index is 4.78. The number of hydrogen-bond donors (Lipinski definition) is 0. The van der Waals surface area contributed by atoms with Crippen molar-refractivity contribution < 1.29 is 0 Å². The van der Waals surface area contributed by atoms with Gasteiger partial charge in [0.25, 0.3) is 0 Å². The number of fused-ring (bicyclic) bond motifs is 1. The van der Waals surface area contributed by atoms with Crippen LogP contribution in [0.3, 0.4) is 0 Å². The molecule has 0 bridgehead atoms. The molecule has 2 nitrogen and oxygen atoms in total. The highest BCUT2D eigenvalue weighted by Crippen LogP contribution is 2.40. The van der Waals surface area contributed by atoms with Crippen LogP contribution in [0.15, 0.2) is 0 Å². The summed E-state index contributed by atoms with van der Waals surface area (Å²) in [6, 6.07) is 0. The Labute approximate surface area is 99.0 Å². The zero-order valence-electron chi connectivity index (χ0n) is 11.5. The average Bonchev–Trinajstić information content (AvgIpc) is 2.42. The molecule has 0 radical (unpaired) electrons. The van der Waals surface area contributed by atoms with Crippen LogP contribution in [0.5, 0.6) is 0 Å². The van der Waals surface area contributed by atoms with E-state index < -0.39 is 0 Å². The van der Waals surface area contributed by atoms with E-state index in [9.17, 15) is 0 Å². The lowest BCUT2D eigenvalue weighted by Crippen LogP contribution is -2.27. The molecule has 0 aliphatic heterocycles. The van der Waals surface area contributed by atoms with Crippen molar-refractivity contribution >= 4 is 0 Å². The van der Waals surface area contributed by atoms with Gasteiger partial charge >= 0.3 is 0 Å². The van der Waals surface area contributed by atoms with Gasteiger partial charge in [-0.3, -0.25) is 4.68 Å². The summed E-state index contributed by atoms with van der Waals surface area (Å²) >= 11 is 0. The minimum atomic E-state index is 0.165. The SMILES string of the molecule is Cn1nc(C(C)(C)C)c2c1C(C)(C)CCC2. The molecular weight excluding hydrogens is 196 g/mol. The molecule has 0 amide bonds. The van der Waals surface area contributed by atoms with Gasteiger partial charge in [0.05, 0.1) is 5.69 Å². The van der Waals surface area contributed by atoms with E-state index in [0.717, 1.165) is 0 Å². The van der Waals surface area contributed by atoms with Crippen LogP contribution in [0.2, 0.25) is 0 Å². The Hall–Kier alpha value is -0.790. The van der Waals surface area contributed by atoms with Gasteiger partial charge in [-0.1, -0.05) is 34.6 Å². The first-order valence-corrected chi connectivity index (χ1v) is 6.30. The minimum Gasteiger partial charge on any atom is -0.272 e. The highest BCUT2D eigenvalue weighted by Gasteiger charge is 2.35. The van der Waals surface area contributed by atoms with Crippen LogP contribution >= 0.6 is 0 Å². The predicted molar refractivity (Wildman–Crippen MR) is 67.9 cm³/mol. The number of nitrogens with zero attached hydrogens (tertiary/aromatic N) is 2. The monoisotopic (exact) mass is 220 g/mol. The summed E-state index contributed by atoms with van der Waals surface area (Å²) in [4.78, 5) is 0. The van der Waals surface area contributed by atoms with E-state index in [2.05, 4.69) is 46.3 Å². The molecule has 1 aliphatic rings. The van der Waals surface area contributed by atoms with Crippen LogP contribution in [0, 0.1) is 0 Å². The lowest BCUT2D eigenvalue weighted by atomic mass is 9.74. The quantitative estimate of drug-likeness (QED) is 0.655. The van der Waals surface area contributed by atoms with Crippen molar-refractivity contribution in [3.05, 3.63) is 17.0 Å². The van der Waals surface area contributed by atoms with E-state index >= 15 is 0 Å². The summed E-state index contributed by atoms with van der Waals surface area (Å²) in [5.74, 6) is 0. The van der Waals surface area contributed by atoms with E-state index in [4.69, 9.17) is 5.10 Å². The fraction of sp³-hybridized carbons (Fsp3) is 0.786. The van der Waals surface area contributed by atoms with E-state index in [1.54, 1.807) is 0 Å². The number of aryl methyl sites for hydroxylation is 1. The number of aromatic nitrogens is 2. The van der Waals surface area contributed by atoms with Gasteiger partial charge < -0.3 is 0 Å². The Morgan fingerprint density at radius 1 is 1.25 bits per heavy atom. The van der Waals surface area contributed by atoms with E-state index in [1.165, 1.54) is 36.2 Å². The molecule has 0 saturated heterocycles. The van der Waals surface area contributed by atoms with Crippen LogP contribution in [0.4, 0.5) is 0 Å². The Balaban J connectivity index is 2.63. The molecule has 1 aromatic rings. The molecule has 0 saturated carbocycles. The van der Waals surface area contributed by atoms with Crippen molar-refractivity contribution in [3.63, 3.8) is 0 Å². The van der Waals surface area contributed by atoms with Crippen molar-refractivity contribution in [1.29, 1.82) is 0 Å². The largest absolute Gasteiger partial charge is 0.272 e. The summed E-state index contributed by atoms with van der Waals surface area (Å²) in [5.41, 5.74) is 4.74. The summed E-state index contributed by atoms with van der Waals surface area (Å²) in [5, 5.41) is 4.78. The fourth-order valence-corrected chi connectivity index (χ4v) is 3.08. The smallest absolute Gasteiger partial charge is 0.0712 e. The topological polar surface area (TPSA) is 17.8 Å². The van der Waals surface area contributed by atoms with Crippen LogP contribution < -0.4 is 0 Å². The molecule has 0 atom stereocenters. The lowest BCUT2D eigenvalue weighted by molar-refractivity contribution is 0.401. The molecule has 0 N–H and O–H groups in total. The first kappa shape index (κ1) is 11.7. The Kier molecular flexibility index (Phi) is 2.45. The fourth-order valence-electron chi connectivity index (χ4n) is 3.08. The summed E-state index contributed by atoms with van der Waals surface area (Å²) in [7, 11) is 2.10. The minimum absolute atomic E-state index is 0.165. The Bertz CT molecular complexity index is 405. The lowest BCUT2D eigenvalue weighted by Gasteiger charge is -2.31. The van der Waals surface area contributed by atoms with Crippen molar-refractivity contribution in [1.82, 2.24) is 9.78 Å². The third-order valence-electron chi connectivity index (χ3n) is 3.73. The molecule has 0 unspecified atom stereocenters. The third-order valence-corrected chi connectivity index (χ3v) is 3.73. The van der Waals surface area contributed by atoms with Crippen molar-refractivity contribution in [2.24, 2.45) is 7.05 Å². The molecule has 1 heterocycles. The third kappa shape index (κ3) is 1.68. The maximum atomic E-state index is 4.78. The van der Waals surface area contributed by atoms with Gasteiger partial charge in [-0.2, -0.15) is 5.10 Å². The second-order valence-corrected chi connectivity index (χ2v) is 6.79. The van der Waals surface area contributed by atoms with Gasteiger partial charge in [0.15, 0.2) is 0 Å². The molecule has 1 aliphatic carbocycles. The molecular formula is C14H24N2. The molecule has 1 aromatic heterocycles. The first-order valence-electron chi connectivity index (χ1n) is 6.30. The standard InChI is InChI=1S/C14H24N2/c1-13(2,3)11-10-8-7-9-14(4,5)12(10)16(6)15-11/h7-9H2,1-6H3.